The van der Waals surface area contributed by atoms with Crippen LogP contribution in [0.5, 0.6) is 0 Å². The molecule has 0 aliphatic heterocycles. The van der Waals surface area contributed by atoms with E-state index >= 15 is 0 Å². The van der Waals surface area contributed by atoms with Gasteiger partial charge in [-0.25, -0.2) is 0 Å². The Morgan fingerprint density at radius 2 is 1.21 bits per heavy atom. The van der Waals surface area contributed by atoms with Gasteiger partial charge in [-0.2, -0.15) is 0 Å². The fourth-order valence-corrected chi connectivity index (χ4v) is 6.23. The minimum atomic E-state index is 0.867. The van der Waals surface area contributed by atoms with Crippen molar-refractivity contribution >= 4 is 65.7 Å². The third-order valence-electron chi connectivity index (χ3n) is 7.99. The molecule has 0 N–H and O–H groups in total. The maximum absolute atomic E-state index is 6.61. The van der Waals surface area contributed by atoms with Crippen LogP contribution < -0.4 is 0 Å². The number of fused-ring (bicyclic) bond motifs is 10. The second kappa shape index (κ2) is 7.62. The zero-order valence-electron chi connectivity index (χ0n) is 20.9. The Labute approximate surface area is 223 Å². The van der Waals surface area contributed by atoms with E-state index in [0.717, 1.165) is 77.1 Å². The van der Waals surface area contributed by atoms with Crippen LogP contribution in [0.4, 0.5) is 0 Å². The molecule has 3 heterocycles. The van der Waals surface area contributed by atoms with Crippen molar-refractivity contribution in [1.29, 1.82) is 0 Å². The molecule has 0 unspecified atom stereocenters. The van der Waals surface area contributed by atoms with Gasteiger partial charge in [0.15, 0.2) is 5.58 Å². The quantitative estimate of drug-likeness (QED) is 0.237. The number of furan rings is 2. The molecule has 0 fully saturated rings. The van der Waals surface area contributed by atoms with Gasteiger partial charge in [0.1, 0.15) is 22.3 Å². The number of rotatable bonds is 2. The lowest BCUT2D eigenvalue weighted by Gasteiger charge is -2.07. The second-order valence-corrected chi connectivity index (χ2v) is 10.1. The first kappa shape index (κ1) is 20.7. The van der Waals surface area contributed by atoms with Gasteiger partial charge >= 0.3 is 0 Å². The Hall–Kier alpha value is -5.28. The molecule has 39 heavy (non-hydrogen) atoms. The fourth-order valence-electron chi connectivity index (χ4n) is 6.23. The van der Waals surface area contributed by atoms with Gasteiger partial charge in [0.2, 0.25) is 0 Å². The van der Waals surface area contributed by atoms with E-state index in [1.165, 1.54) is 5.39 Å². The van der Waals surface area contributed by atoms with Crippen molar-refractivity contribution in [2.45, 2.75) is 0 Å². The first-order chi connectivity index (χ1) is 19.3. The summed E-state index contributed by atoms with van der Waals surface area (Å²) in [5.74, 6) is 0. The molecule has 0 aliphatic rings. The van der Waals surface area contributed by atoms with Crippen molar-refractivity contribution in [3.05, 3.63) is 127 Å². The monoisotopic (exact) mass is 499 g/mol. The zero-order valence-corrected chi connectivity index (χ0v) is 20.9. The standard InChI is InChI=1S/C36H21NO2/c1-2-10-24(11-3-1)37-31-16-7-6-13-29(31)36-33(37)30-20-18-23(21-32(30)38-36)26-14-8-15-27-28-19-17-22-9-4-5-12-25(22)34(28)39-35(26)27/h1-21H. The van der Waals surface area contributed by atoms with Gasteiger partial charge in [-0.1, -0.05) is 84.9 Å². The lowest BCUT2D eigenvalue weighted by molar-refractivity contribution is 0.672. The highest BCUT2D eigenvalue weighted by Gasteiger charge is 2.20. The lowest BCUT2D eigenvalue weighted by Crippen LogP contribution is -1.92. The van der Waals surface area contributed by atoms with E-state index in [1.807, 2.05) is 6.07 Å². The first-order valence-corrected chi connectivity index (χ1v) is 13.2. The third-order valence-corrected chi connectivity index (χ3v) is 7.99. The average molecular weight is 500 g/mol. The number of benzene rings is 6. The van der Waals surface area contributed by atoms with Gasteiger partial charge in [-0.3, -0.25) is 0 Å². The van der Waals surface area contributed by atoms with E-state index in [1.54, 1.807) is 0 Å². The summed E-state index contributed by atoms with van der Waals surface area (Å²) in [5, 5.41) is 6.78. The Bertz CT molecular complexity index is 2390. The normalized spacial score (nSPS) is 12.1. The highest BCUT2D eigenvalue weighted by Crippen LogP contribution is 2.42. The van der Waals surface area contributed by atoms with Gasteiger partial charge in [0.05, 0.1) is 5.52 Å². The third kappa shape index (κ3) is 2.82. The van der Waals surface area contributed by atoms with Crippen LogP contribution in [0.25, 0.3) is 82.5 Å². The molecule has 0 amide bonds. The highest BCUT2D eigenvalue weighted by molar-refractivity contribution is 6.19. The first-order valence-electron chi connectivity index (χ1n) is 13.2. The smallest absolute Gasteiger partial charge is 0.161 e. The van der Waals surface area contributed by atoms with Gasteiger partial charge < -0.3 is 13.4 Å². The molecule has 9 rings (SSSR count). The molecule has 0 bridgehead atoms. The summed E-state index contributed by atoms with van der Waals surface area (Å²) in [5.41, 5.74) is 9.11. The Balaban J connectivity index is 1.31. The number of aromatic nitrogens is 1. The zero-order chi connectivity index (χ0) is 25.5. The number of para-hydroxylation sites is 3. The maximum atomic E-state index is 6.61. The molecule has 9 aromatic rings. The van der Waals surface area contributed by atoms with Gasteiger partial charge in [-0.15, -0.1) is 0 Å². The Kier molecular flexibility index (Phi) is 4.05. The van der Waals surface area contributed by atoms with Crippen molar-refractivity contribution in [3.63, 3.8) is 0 Å². The molecule has 0 aliphatic carbocycles. The van der Waals surface area contributed by atoms with Crippen LogP contribution >= 0.6 is 0 Å². The van der Waals surface area contributed by atoms with E-state index in [9.17, 15) is 0 Å². The Morgan fingerprint density at radius 1 is 0.462 bits per heavy atom. The topological polar surface area (TPSA) is 31.2 Å². The largest absolute Gasteiger partial charge is 0.455 e. The average Bonchev–Trinajstić information content (AvgIpc) is 3.66. The molecule has 0 saturated heterocycles. The summed E-state index contributed by atoms with van der Waals surface area (Å²) in [6.45, 7) is 0. The molecular weight excluding hydrogens is 478 g/mol. The lowest BCUT2D eigenvalue weighted by atomic mass is 10.0. The molecular formula is C36H21NO2. The predicted molar refractivity (Wildman–Crippen MR) is 161 cm³/mol. The second-order valence-electron chi connectivity index (χ2n) is 10.1. The van der Waals surface area contributed by atoms with Crippen molar-refractivity contribution in [1.82, 2.24) is 4.57 Å². The van der Waals surface area contributed by atoms with Crippen molar-refractivity contribution in [2.24, 2.45) is 0 Å². The molecule has 3 heteroatoms. The van der Waals surface area contributed by atoms with Gasteiger partial charge in [0, 0.05) is 38.2 Å². The van der Waals surface area contributed by atoms with Gasteiger partial charge in [-0.05, 0) is 53.4 Å². The van der Waals surface area contributed by atoms with E-state index in [-0.39, 0.29) is 0 Å². The van der Waals surface area contributed by atoms with Crippen molar-refractivity contribution in [3.8, 4) is 16.8 Å². The van der Waals surface area contributed by atoms with E-state index < -0.39 is 0 Å². The minimum Gasteiger partial charge on any atom is -0.455 e. The van der Waals surface area contributed by atoms with Crippen molar-refractivity contribution in [2.75, 3.05) is 0 Å². The minimum absolute atomic E-state index is 0.867. The fraction of sp³-hybridized carbons (Fsp3) is 0. The van der Waals surface area contributed by atoms with E-state index in [4.69, 9.17) is 8.83 Å². The van der Waals surface area contributed by atoms with E-state index in [0.29, 0.717) is 0 Å². The predicted octanol–water partition coefficient (Wildman–Crippen LogP) is 10.2. The van der Waals surface area contributed by atoms with Crippen LogP contribution in [0.1, 0.15) is 0 Å². The molecule has 0 radical (unpaired) electrons. The van der Waals surface area contributed by atoms with Crippen LogP contribution in [0.3, 0.4) is 0 Å². The molecule has 3 aromatic heterocycles. The number of nitrogens with zero attached hydrogens (tertiary/aromatic N) is 1. The summed E-state index contributed by atoms with van der Waals surface area (Å²) in [6, 6.07) is 44.6. The molecule has 6 aromatic carbocycles. The van der Waals surface area contributed by atoms with Crippen LogP contribution in [0.15, 0.2) is 136 Å². The highest BCUT2D eigenvalue weighted by atomic mass is 16.3. The maximum Gasteiger partial charge on any atom is 0.161 e. The molecule has 3 nitrogen and oxygen atoms in total. The van der Waals surface area contributed by atoms with Crippen LogP contribution in [-0.4, -0.2) is 4.57 Å². The molecule has 182 valence electrons. The van der Waals surface area contributed by atoms with Crippen molar-refractivity contribution < 1.29 is 8.83 Å². The SMILES string of the molecule is c1ccc(-n2c3ccccc3c3oc4cc(-c5cccc6c5oc5c7ccccc7ccc65)ccc4c32)cc1. The van der Waals surface area contributed by atoms with Crippen LogP contribution in [-0.2, 0) is 0 Å². The molecule has 0 saturated carbocycles. The van der Waals surface area contributed by atoms with Gasteiger partial charge in [0.25, 0.3) is 0 Å². The summed E-state index contributed by atoms with van der Waals surface area (Å²) < 4.78 is 15.5. The summed E-state index contributed by atoms with van der Waals surface area (Å²) >= 11 is 0. The molecule has 0 spiro atoms. The number of hydrogen-bond donors (Lipinski definition) is 0. The van der Waals surface area contributed by atoms with Crippen LogP contribution in [0.2, 0.25) is 0 Å². The summed E-state index contributed by atoms with van der Waals surface area (Å²) in [7, 11) is 0. The summed E-state index contributed by atoms with van der Waals surface area (Å²) in [4.78, 5) is 0. The Morgan fingerprint density at radius 3 is 2.13 bits per heavy atom. The summed E-state index contributed by atoms with van der Waals surface area (Å²) in [6.07, 6.45) is 0. The number of hydrogen-bond acceptors (Lipinski definition) is 2. The molecule has 0 atom stereocenters. The van der Waals surface area contributed by atoms with E-state index in [2.05, 4.69) is 126 Å². The van der Waals surface area contributed by atoms with Crippen LogP contribution in [0, 0.1) is 0 Å².